The summed E-state index contributed by atoms with van der Waals surface area (Å²) >= 11 is 0. The predicted molar refractivity (Wildman–Crippen MR) is 84.3 cm³/mol. The number of carbonyl (C=O) groups excluding carboxylic acids is 1. The minimum Gasteiger partial charge on any atom is -0.481 e. The fourth-order valence-corrected chi connectivity index (χ4v) is 2.41. The summed E-state index contributed by atoms with van der Waals surface area (Å²) in [6.45, 7) is 5.49. The molecule has 0 aliphatic heterocycles. The van der Waals surface area contributed by atoms with Gasteiger partial charge in [0.15, 0.2) is 0 Å². The molecule has 122 valence electrons. The second-order valence-electron chi connectivity index (χ2n) is 5.45. The molecule has 6 nitrogen and oxygen atoms in total. The molecule has 0 saturated heterocycles. The van der Waals surface area contributed by atoms with Crippen LogP contribution in [0.4, 0.5) is 0 Å². The second-order valence-corrected chi connectivity index (χ2v) is 5.45. The maximum absolute atomic E-state index is 12.5. The van der Waals surface area contributed by atoms with Crippen molar-refractivity contribution in [1.29, 1.82) is 0 Å². The molecule has 0 bridgehead atoms. The molecule has 1 atom stereocenters. The van der Waals surface area contributed by atoms with Crippen LogP contribution >= 0.6 is 0 Å². The van der Waals surface area contributed by atoms with E-state index in [9.17, 15) is 9.59 Å². The fraction of sp³-hybridized carbons (Fsp3) is 0.353. The van der Waals surface area contributed by atoms with Gasteiger partial charge in [-0.3, -0.25) is 9.59 Å². The Labute approximate surface area is 134 Å². The highest BCUT2D eigenvalue weighted by Gasteiger charge is 2.24. The van der Waals surface area contributed by atoms with E-state index in [1.807, 2.05) is 38.1 Å². The van der Waals surface area contributed by atoms with Crippen molar-refractivity contribution in [1.82, 2.24) is 10.5 Å². The van der Waals surface area contributed by atoms with Gasteiger partial charge in [-0.2, -0.15) is 0 Å². The van der Waals surface area contributed by atoms with Crippen molar-refractivity contribution in [2.45, 2.75) is 39.7 Å². The predicted octanol–water partition coefficient (Wildman–Crippen LogP) is 2.80. The molecular weight excluding hydrogens is 296 g/mol. The SMILES string of the molecule is CCc1noc(C)c1C(=O)NC(CC(=O)O)c1ccc(C)cc1. The van der Waals surface area contributed by atoms with E-state index in [4.69, 9.17) is 9.63 Å². The number of aromatic nitrogens is 1. The third-order valence-electron chi connectivity index (χ3n) is 3.66. The van der Waals surface area contributed by atoms with Crippen LogP contribution in [-0.4, -0.2) is 22.1 Å². The van der Waals surface area contributed by atoms with Crippen LogP contribution in [0, 0.1) is 13.8 Å². The van der Waals surface area contributed by atoms with Crippen LogP contribution < -0.4 is 5.32 Å². The summed E-state index contributed by atoms with van der Waals surface area (Å²) in [5.41, 5.74) is 2.77. The lowest BCUT2D eigenvalue weighted by atomic mass is 10.0. The number of benzene rings is 1. The van der Waals surface area contributed by atoms with Crippen molar-refractivity contribution in [3.8, 4) is 0 Å². The number of carboxylic acids is 1. The Hall–Kier alpha value is -2.63. The summed E-state index contributed by atoms with van der Waals surface area (Å²) in [5.74, 6) is -0.918. The number of amides is 1. The number of nitrogens with zero attached hydrogens (tertiary/aromatic N) is 1. The lowest BCUT2D eigenvalue weighted by Crippen LogP contribution is -2.31. The first-order chi connectivity index (χ1) is 10.9. The summed E-state index contributed by atoms with van der Waals surface area (Å²) in [5, 5.41) is 15.8. The number of nitrogens with one attached hydrogen (secondary N) is 1. The van der Waals surface area contributed by atoms with Gasteiger partial charge in [-0.25, -0.2) is 0 Å². The van der Waals surface area contributed by atoms with Crippen molar-refractivity contribution in [3.05, 3.63) is 52.4 Å². The van der Waals surface area contributed by atoms with E-state index in [1.54, 1.807) is 6.92 Å². The van der Waals surface area contributed by atoms with Crippen molar-refractivity contribution in [2.24, 2.45) is 0 Å². The minimum atomic E-state index is -0.978. The largest absolute Gasteiger partial charge is 0.481 e. The summed E-state index contributed by atoms with van der Waals surface area (Å²) in [6.07, 6.45) is 0.370. The lowest BCUT2D eigenvalue weighted by molar-refractivity contribution is -0.137. The zero-order valence-electron chi connectivity index (χ0n) is 13.4. The number of aryl methyl sites for hydroxylation is 3. The molecule has 0 radical (unpaired) electrons. The Balaban J connectivity index is 2.26. The van der Waals surface area contributed by atoms with Crippen molar-refractivity contribution < 1.29 is 19.2 Å². The third-order valence-corrected chi connectivity index (χ3v) is 3.66. The van der Waals surface area contributed by atoms with Crippen molar-refractivity contribution in [2.75, 3.05) is 0 Å². The number of hydrogen-bond acceptors (Lipinski definition) is 4. The molecular formula is C17H20N2O4. The van der Waals surface area contributed by atoms with E-state index in [-0.39, 0.29) is 12.3 Å². The van der Waals surface area contributed by atoms with Crippen LogP contribution in [0.25, 0.3) is 0 Å². The number of aliphatic carboxylic acids is 1. The highest BCUT2D eigenvalue weighted by molar-refractivity contribution is 5.96. The van der Waals surface area contributed by atoms with Gasteiger partial charge in [-0.1, -0.05) is 41.9 Å². The molecule has 0 fully saturated rings. The van der Waals surface area contributed by atoms with Gasteiger partial charge >= 0.3 is 5.97 Å². The molecule has 23 heavy (non-hydrogen) atoms. The average Bonchev–Trinajstić information content (AvgIpc) is 2.88. The molecule has 2 N–H and O–H groups in total. The molecule has 2 aromatic rings. The topological polar surface area (TPSA) is 92.4 Å². The van der Waals surface area contributed by atoms with Crippen molar-refractivity contribution >= 4 is 11.9 Å². The number of carboxylic acid groups (broad SMARTS) is 1. The Morgan fingerprint density at radius 2 is 1.91 bits per heavy atom. The van der Waals surface area contributed by atoms with Crippen LogP contribution in [0.5, 0.6) is 0 Å². The van der Waals surface area contributed by atoms with Gasteiger partial charge in [0.2, 0.25) is 0 Å². The van der Waals surface area contributed by atoms with Gasteiger partial charge in [0.05, 0.1) is 18.2 Å². The second kappa shape index (κ2) is 7.09. The maximum Gasteiger partial charge on any atom is 0.305 e. The Bertz CT molecular complexity index is 704. The zero-order valence-corrected chi connectivity index (χ0v) is 13.4. The van der Waals surface area contributed by atoms with Crippen LogP contribution in [-0.2, 0) is 11.2 Å². The molecule has 1 heterocycles. The standard InChI is InChI=1S/C17H20N2O4/c1-4-13-16(11(3)23-19-13)17(22)18-14(9-15(20)21)12-7-5-10(2)6-8-12/h5-8,14H,4,9H2,1-3H3,(H,18,22)(H,20,21). The Morgan fingerprint density at radius 3 is 2.48 bits per heavy atom. The molecule has 2 rings (SSSR count). The number of carbonyl (C=O) groups is 2. The molecule has 1 aromatic heterocycles. The summed E-state index contributed by atoms with van der Waals surface area (Å²) in [7, 11) is 0. The molecule has 0 spiro atoms. The van der Waals surface area contributed by atoms with E-state index in [0.717, 1.165) is 11.1 Å². The average molecular weight is 316 g/mol. The third kappa shape index (κ3) is 3.97. The van der Waals surface area contributed by atoms with Gasteiger partial charge in [-0.15, -0.1) is 0 Å². The van der Waals surface area contributed by atoms with Crippen LogP contribution in [0.1, 0.15) is 52.3 Å². The summed E-state index contributed by atoms with van der Waals surface area (Å²) in [4.78, 5) is 23.7. The van der Waals surface area contributed by atoms with E-state index in [2.05, 4.69) is 10.5 Å². The highest BCUT2D eigenvalue weighted by Crippen LogP contribution is 2.20. The lowest BCUT2D eigenvalue weighted by Gasteiger charge is -2.17. The molecule has 0 aliphatic carbocycles. The van der Waals surface area contributed by atoms with Gasteiger partial charge in [0, 0.05) is 0 Å². The van der Waals surface area contributed by atoms with Crippen molar-refractivity contribution in [3.63, 3.8) is 0 Å². The molecule has 1 amide bonds. The van der Waals surface area contributed by atoms with Crippen LogP contribution in [0.3, 0.4) is 0 Å². The summed E-state index contributed by atoms with van der Waals surface area (Å²) < 4.78 is 5.06. The van der Waals surface area contributed by atoms with E-state index >= 15 is 0 Å². The molecule has 6 heteroatoms. The quantitative estimate of drug-likeness (QED) is 0.855. The van der Waals surface area contributed by atoms with Gasteiger partial charge in [0.1, 0.15) is 11.3 Å². The van der Waals surface area contributed by atoms with Crippen LogP contribution in [0.2, 0.25) is 0 Å². The van der Waals surface area contributed by atoms with E-state index < -0.39 is 12.0 Å². The number of rotatable bonds is 6. The first kappa shape index (κ1) is 16.7. The van der Waals surface area contributed by atoms with Crippen LogP contribution in [0.15, 0.2) is 28.8 Å². The monoisotopic (exact) mass is 316 g/mol. The smallest absolute Gasteiger partial charge is 0.305 e. The summed E-state index contributed by atoms with van der Waals surface area (Å²) in [6, 6.07) is 6.81. The van der Waals surface area contributed by atoms with E-state index in [0.29, 0.717) is 23.4 Å². The number of hydrogen-bond donors (Lipinski definition) is 2. The zero-order chi connectivity index (χ0) is 17.0. The van der Waals surface area contributed by atoms with Gasteiger partial charge in [0.25, 0.3) is 5.91 Å². The first-order valence-electron chi connectivity index (χ1n) is 7.46. The Kier molecular flexibility index (Phi) is 5.16. The Morgan fingerprint density at radius 1 is 1.26 bits per heavy atom. The van der Waals surface area contributed by atoms with Gasteiger partial charge in [-0.05, 0) is 25.8 Å². The molecule has 0 saturated carbocycles. The first-order valence-corrected chi connectivity index (χ1v) is 7.46. The van der Waals surface area contributed by atoms with Gasteiger partial charge < -0.3 is 14.9 Å². The molecule has 0 aliphatic rings. The fourth-order valence-electron chi connectivity index (χ4n) is 2.41. The normalized spacial score (nSPS) is 12.0. The highest BCUT2D eigenvalue weighted by atomic mass is 16.5. The maximum atomic E-state index is 12.5. The molecule has 1 unspecified atom stereocenters. The molecule has 1 aromatic carbocycles. The minimum absolute atomic E-state index is 0.194. The van der Waals surface area contributed by atoms with E-state index in [1.165, 1.54) is 0 Å².